The zero-order valence-corrected chi connectivity index (χ0v) is 15.9. The van der Waals surface area contributed by atoms with Gasteiger partial charge < -0.3 is 14.4 Å². The Bertz CT molecular complexity index is 690. The minimum atomic E-state index is 0.0115. The van der Waals surface area contributed by atoms with E-state index in [2.05, 4.69) is 11.9 Å². The largest absolute Gasteiger partial charge is 0.337 e. The number of nitrogens with zero attached hydrogens (tertiary/aromatic N) is 4. The van der Waals surface area contributed by atoms with Gasteiger partial charge in [0.2, 0.25) is 0 Å². The molecule has 0 N–H and O–H groups in total. The average molecular weight is 358 g/mol. The van der Waals surface area contributed by atoms with E-state index in [0.29, 0.717) is 17.4 Å². The molecule has 0 saturated carbocycles. The smallest absolute Gasteiger partial charge is 0.289 e. The first-order chi connectivity index (χ1) is 12.6. The van der Waals surface area contributed by atoms with Crippen molar-refractivity contribution in [3.05, 3.63) is 17.2 Å². The van der Waals surface area contributed by atoms with E-state index in [1.807, 2.05) is 14.4 Å². The molecule has 0 bridgehead atoms. The van der Waals surface area contributed by atoms with Gasteiger partial charge in [-0.05, 0) is 57.3 Å². The van der Waals surface area contributed by atoms with E-state index in [4.69, 9.17) is 0 Å². The summed E-state index contributed by atoms with van der Waals surface area (Å²) in [6.45, 7) is 6.25. The summed E-state index contributed by atoms with van der Waals surface area (Å²) in [6, 6.07) is 0. The fourth-order valence-corrected chi connectivity index (χ4v) is 4.64. The van der Waals surface area contributed by atoms with Gasteiger partial charge in [-0.1, -0.05) is 6.92 Å². The van der Waals surface area contributed by atoms with Crippen molar-refractivity contribution in [2.24, 2.45) is 5.92 Å². The molecule has 6 heteroatoms. The molecule has 3 aliphatic heterocycles. The second-order valence-electron chi connectivity index (χ2n) is 8.19. The quantitative estimate of drug-likeness (QED) is 0.817. The monoisotopic (exact) mass is 358 g/mol. The molecule has 2 fully saturated rings. The van der Waals surface area contributed by atoms with Crippen LogP contribution in [0.2, 0.25) is 0 Å². The van der Waals surface area contributed by atoms with Gasteiger partial charge >= 0.3 is 0 Å². The van der Waals surface area contributed by atoms with Crippen molar-refractivity contribution in [2.75, 3.05) is 26.2 Å². The molecule has 1 aromatic heterocycles. The van der Waals surface area contributed by atoms with Crippen molar-refractivity contribution < 1.29 is 9.59 Å². The summed E-state index contributed by atoms with van der Waals surface area (Å²) < 4.78 is 2.04. The topological polar surface area (TPSA) is 58.4 Å². The van der Waals surface area contributed by atoms with Gasteiger partial charge in [-0.15, -0.1) is 0 Å². The summed E-state index contributed by atoms with van der Waals surface area (Å²) in [5.74, 6) is 1.07. The van der Waals surface area contributed by atoms with Crippen LogP contribution < -0.4 is 0 Å². The molecule has 0 spiro atoms. The van der Waals surface area contributed by atoms with Gasteiger partial charge in [0, 0.05) is 32.7 Å². The van der Waals surface area contributed by atoms with Gasteiger partial charge in [-0.3, -0.25) is 9.59 Å². The molecule has 142 valence electrons. The molecular formula is C20H30N4O2. The first-order valence-corrected chi connectivity index (χ1v) is 10.3. The van der Waals surface area contributed by atoms with Crippen molar-refractivity contribution >= 4 is 11.8 Å². The van der Waals surface area contributed by atoms with Gasteiger partial charge in [0.25, 0.3) is 11.8 Å². The zero-order chi connectivity index (χ0) is 18.1. The Balaban J connectivity index is 1.64. The molecule has 4 heterocycles. The highest BCUT2D eigenvalue weighted by Crippen LogP contribution is 2.25. The summed E-state index contributed by atoms with van der Waals surface area (Å²) in [5.41, 5.74) is 1.53. The van der Waals surface area contributed by atoms with Crippen LogP contribution in [0.3, 0.4) is 0 Å². The van der Waals surface area contributed by atoms with Crippen LogP contribution in [-0.4, -0.2) is 57.3 Å². The van der Waals surface area contributed by atoms with Crippen molar-refractivity contribution in [1.82, 2.24) is 19.4 Å². The number of hydrogen-bond acceptors (Lipinski definition) is 3. The molecule has 6 nitrogen and oxygen atoms in total. The maximum atomic E-state index is 13.1. The molecule has 2 saturated heterocycles. The third-order valence-corrected chi connectivity index (χ3v) is 6.10. The van der Waals surface area contributed by atoms with Crippen molar-refractivity contribution in [3.63, 3.8) is 0 Å². The van der Waals surface area contributed by atoms with Crippen LogP contribution >= 0.6 is 0 Å². The number of rotatable bonds is 2. The zero-order valence-electron chi connectivity index (χ0n) is 15.9. The predicted octanol–water partition coefficient (Wildman–Crippen LogP) is 2.72. The first kappa shape index (κ1) is 17.6. The first-order valence-electron chi connectivity index (χ1n) is 10.3. The Morgan fingerprint density at radius 1 is 0.885 bits per heavy atom. The third kappa shape index (κ3) is 3.26. The van der Waals surface area contributed by atoms with E-state index in [-0.39, 0.29) is 11.8 Å². The maximum Gasteiger partial charge on any atom is 0.289 e. The summed E-state index contributed by atoms with van der Waals surface area (Å²) in [7, 11) is 0. The van der Waals surface area contributed by atoms with E-state index in [1.165, 1.54) is 12.8 Å². The molecular weight excluding hydrogens is 328 g/mol. The minimum Gasteiger partial charge on any atom is -0.337 e. The molecule has 0 aliphatic carbocycles. The molecule has 0 radical (unpaired) electrons. The Morgan fingerprint density at radius 2 is 1.62 bits per heavy atom. The number of likely N-dealkylation sites (tertiary alicyclic amines) is 2. The van der Waals surface area contributed by atoms with Gasteiger partial charge in [-0.2, -0.15) is 0 Å². The highest BCUT2D eigenvalue weighted by Gasteiger charge is 2.32. The lowest BCUT2D eigenvalue weighted by atomic mass is 10.0. The van der Waals surface area contributed by atoms with Crippen LogP contribution in [0.25, 0.3) is 0 Å². The molecule has 1 aromatic rings. The number of amides is 2. The van der Waals surface area contributed by atoms with Crippen molar-refractivity contribution in [1.29, 1.82) is 0 Å². The molecule has 26 heavy (non-hydrogen) atoms. The number of piperidine rings is 2. The Morgan fingerprint density at radius 3 is 2.38 bits per heavy atom. The van der Waals surface area contributed by atoms with E-state index < -0.39 is 0 Å². The number of hydrogen-bond donors (Lipinski definition) is 0. The van der Waals surface area contributed by atoms with Crippen LogP contribution in [0, 0.1) is 5.92 Å². The van der Waals surface area contributed by atoms with Crippen LogP contribution in [0.1, 0.15) is 78.7 Å². The lowest BCUT2D eigenvalue weighted by Gasteiger charge is -2.31. The maximum absolute atomic E-state index is 13.1. The number of carbonyl (C=O) groups excluding carboxylic acids is 2. The van der Waals surface area contributed by atoms with E-state index in [1.54, 1.807) is 0 Å². The summed E-state index contributed by atoms with van der Waals surface area (Å²) in [4.78, 5) is 34.7. The lowest BCUT2D eigenvalue weighted by Crippen LogP contribution is -2.40. The van der Waals surface area contributed by atoms with Crippen LogP contribution in [0.15, 0.2) is 0 Å². The highest BCUT2D eigenvalue weighted by molar-refractivity contribution is 5.97. The van der Waals surface area contributed by atoms with Gasteiger partial charge in [-0.25, -0.2) is 4.98 Å². The van der Waals surface area contributed by atoms with Crippen LogP contribution in [0.4, 0.5) is 0 Å². The summed E-state index contributed by atoms with van der Waals surface area (Å²) in [5, 5.41) is 0. The Hall–Kier alpha value is -1.85. The van der Waals surface area contributed by atoms with Crippen molar-refractivity contribution in [2.45, 2.75) is 64.8 Å². The van der Waals surface area contributed by atoms with E-state index in [9.17, 15) is 9.59 Å². The minimum absolute atomic E-state index is 0.0115. The SMILES string of the molecule is CC1CCCN(C(=O)c2nc(C(=O)N3CCCCC3)c3n2CCCC3)C1. The fraction of sp³-hybridized carbons (Fsp3) is 0.750. The van der Waals surface area contributed by atoms with Gasteiger partial charge in [0.15, 0.2) is 5.82 Å². The number of aromatic nitrogens is 2. The molecule has 2 amide bonds. The average Bonchev–Trinajstić information content (AvgIpc) is 3.07. The summed E-state index contributed by atoms with van der Waals surface area (Å²) >= 11 is 0. The van der Waals surface area contributed by atoms with Crippen LogP contribution in [0.5, 0.6) is 0 Å². The van der Waals surface area contributed by atoms with Crippen molar-refractivity contribution in [3.8, 4) is 0 Å². The molecule has 4 rings (SSSR count). The second kappa shape index (κ2) is 7.41. The highest BCUT2D eigenvalue weighted by atomic mass is 16.2. The van der Waals surface area contributed by atoms with Gasteiger partial charge in [0.05, 0.1) is 5.69 Å². The molecule has 1 unspecified atom stereocenters. The predicted molar refractivity (Wildman–Crippen MR) is 99.2 cm³/mol. The lowest BCUT2D eigenvalue weighted by molar-refractivity contribution is 0.0664. The van der Waals surface area contributed by atoms with Crippen LogP contribution in [-0.2, 0) is 13.0 Å². The molecule has 1 atom stereocenters. The summed E-state index contributed by atoms with van der Waals surface area (Å²) in [6.07, 6.45) is 8.55. The second-order valence-corrected chi connectivity index (χ2v) is 8.19. The third-order valence-electron chi connectivity index (χ3n) is 6.10. The number of fused-ring (bicyclic) bond motifs is 1. The normalized spacial score (nSPS) is 23.7. The fourth-order valence-electron chi connectivity index (χ4n) is 4.64. The molecule has 3 aliphatic rings. The number of carbonyl (C=O) groups is 2. The van der Waals surface area contributed by atoms with E-state index >= 15 is 0 Å². The standard InChI is InChI=1S/C20H30N4O2/c1-15-8-7-12-23(14-15)20(26)18-21-17(16-9-3-6-13-24(16)18)19(25)22-10-4-2-5-11-22/h15H,2-14H2,1H3. The molecule has 0 aromatic carbocycles. The Kier molecular flexibility index (Phi) is 5.00. The Labute approximate surface area is 155 Å². The number of imidazole rings is 1. The van der Waals surface area contributed by atoms with E-state index in [0.717, 1.165) is 76.9 Å². The van der Waals surface area contributed by atoms with Gasteiger partial charge in [0.1, 0.15) is 5.69 Å².